The maximum Gasteiger partial charge on any atom is 0.152 e. The highest BCUT2D eigenvalue weighted by molar-refractivity contribution is 5.53. The third-order valence-corrected chi connectivity index (χ3v) is 4.48. The maximum absolute atomic E-state index is 14.5. The number of hydrogen-bond donors (Lipinski definition) is 1. The van der Waals surface area contributed by atoms with E-state index in [2.05, 4.69) is 33.0 Å². The van der Waals surface area contributed by atoms with E-state index in [0.29, 0.717) is 12.1 Å². The van der Waals surface area contributed by atoms with Crippen LogP contribution in [0.5, 0.6) is 0 Å². The molecule has 0 saturated carbocycles. The van der Waals surface area contributed by atoms with Crippen LogP contribution in [0.2, 0.25) is 0 Å². The number of piperazine rings is 1. The molecule has 1 fully saturated rings. The highest BCUT2D eigenvalue weighted by Crippen LogP contribution is 2.32. The first-order valence-electron chi connectivity index (χ1n) is 7.70. The number of hydrogen-bond acceptors (Lipinski definition) is 2. The normalized spacial score (nSPS) is 23.5. The average molecular weight is 296 g/mol. The second-order valence-corrected chi connectivity index (χ2v) is 7.07. The van der Waals surface area contributed by atoms with Crippen molar-refractivity contribution in [2.24, 2.45) is 5.41 Å². The molecular weight excluding hydrogens is 270 g/mol. The molecule has 0 aliphatic carbocycles. The van der Waals surface area contributed by atoms with Gasteiger partial charge in [-0.1, -0.05) is 33.8 Å². The summed E-state index contributed by atoms with van der Waals surface area (Å²) < 4.78 is 28.7. The fraction of sp³-hybridized carbons (Fsp3) is 0.647. The Kier molecular flexibility index (Phi) is 4.57. The van der Waals surface area contributed by atoms with Crippen LogP contribution in [-0.4, -0.2) is 25.2 Å². The lowest BCUT2D eigenvalue weighted by Gasteiger charge is -2.46. The Bertz CT molecular complexity index is 508. The fourth-order valence-electron chi connectivity index (χ4n) is 2.92. The first-order chi connectivity index (χ1) is 9.75. The quantitative estimate of drug-likeness (QED) is 0.891. The number of nitrogens with zero attached hydrogens (tertiary/aromatic N) is 1. The van der Waals surface area contributed by atoms with E-state index in [4.69, 9.17) is 0 Å². The molecule has 1 aromatic rings. The van der Waals surface area contributed by atoms with Crippen LogP contribution in [0.3, 0.4) is 0 Å². The van der Waals surface area contributed by atoms with E-state index >= 15 is 0 Å². The van der Waals surface area contributed by atoms with Crippen molar-refractivity contribution in [1.29, 1.82) is 0 Å². The molecule has 0 amide bonds. The minimum atomic E-state index is -0.467. The standard InChI is InChI=1S/C17H26F2N2/c1-6-12-9-20-14(17(3,4)5)10-21(12)16-13(18)8-7-11(2)15(16)19/h7-8,12,14,20H,6,9-10H2,1-5H3. The third-order valence-electron chi connectivity index (χ3n) is 4.48. The SMILES string of the molecule is CCC1CNC(C(C)(C)C)CN1c1c(F)ccc(C)c1F. The van der Waals surface area contributed by atoms with Crippen LogP contribution in [0.4, 0.5) is 14.5 Å². The molecule has 0 bridgehead atoms. The zero-order valence-electron chi connectivity index (χ0n) is 13.6. The Morgan fingerprint density at radius 3 is 2.52 bits per heavy atom. The van der Waals surface area contributed by atoms with Crippen LogP contribution in [0.15, 0.2) is 12.1 Å². The minimum Gasteiger partial charge on any atom is -0.361 e. The molecule has 118 valence electrons. The van der Waals surface area contributed by atoms with Crippen LogP contribution in [0.1, 0.15) is 39.7 Å². The summed E-state index contributed by atoms with van der Waals surface area (Å²) >= 11 is 0. The minimum absolute atomic E-state index is 0.0493. The van der Waals surface area contributed by atoms with Gasteiger partial charge in [-0.3, -0.25) is 0 Å². The third kappa shape index (κ3) is 3.20. The second kappa shape index (κ2) is 5.91. The van der Waals surface area contributed by atoms with Crippen molar-refractivity contribution in [3.8, 4) is 0 Å². The number of halogens is 2. The van der Waals surface area contributed by atoms with Gasteiger partial charge >= 0.3 is 0 Å². The van der Waals surface area contributed by atoms with E-state index in [0.717, 1.165) is 13.0 Å². The van der Waals surface area contributed by atoms with Crippen molar-refractivity contribution >= 4 is 5.69 Å². The first-order valence-corrected chi connectivity index (χ1v) is 7.70. The molecule has 0 radical (unpaired) electrons. The lowest BCUT2D eigenvalue weighted by Crippen LogP contribution is -2.60. The van der Waals surface area contributed by atoms with Crippen molar-refractivity contribution in [2.75, 3.05) is 18.0 Å². The molecule has 1 aliphatic heterocycles. The Morgan fingerprint density at radius 1 is 1.29 bits per heavy atom. The van der Waals surface area contributed by atoms with Crippen LogP contribution >= 0.6 is 0 Å². The van der Waals surface area contributed by atoms with Crippen molar-refractivity contribution in [1.82, 2.24) is 5.32 Å². The molecule has 1 saturated heterocycles. The lowest BCUT2D eigenvalue weighted by molar-refractivity contribution is 0.232. The van der Waals surface area contributed by atoms with Crippen molar-refractivity contribution in [3.63, 3.8) is 0 Å². The summed E-state index contributed by atoms with van der Waals surface area (Å²) in [6.07, 6.45) is 0.858. The van der Waals surface area contributed by atoms with Gasteiger partial charge < -0.3 is 10.2 Å². The van der Waals surface area contributed by atoms with E-state index in [1.807, 2.05) is 4.90 Å². The number of benzene rings is 1. The Labute approximate surface area is 126 Å². The molecule has 2 unspecified atom stereocenters. The van der Waals surface area contributed by atoms with Crippen molar-refractivity contribution in [3.05, 3.63) is 29.3 Å². The van der Waals surface area contributed by atoms with Gasteiger partial charge in [-0.25, -0.2) is 8.78 Å². The number of nitrogens with one attached hydrogen (secondary N) is 1. The average Bonchev–Trinajstić information content (AvgIpc) is 2.42. The highest BCUT2D eigenvalue weighted by atomic mass is 19.1. The predicted octanol–water partition coefficient (Wildman–Crippen LogP) is 3.88. The summed E-state index contributed by atoms with van der Waals surface area (Å²) in [6, 6.07) is 3.20. The second-order valence-electron chi connectivity index (χ2n) is 7.07. The van der Waals surface area contributed by atoms with Gasteiger partial charge in [-0.2, -0.15) is 0 Å². The van der Waals surface area contributed by atoms with Gasteiger partial charge in [0, 0.05) is 25.2 Å². The number of rotatable bonds is 2. The van der Waals surface area contributed by atoms with E-state index in [1.54, 1.807) is 6.92 Å². The maximum atomic E-state index is 14.5. The van der Waals surface area contributed by atoms with Gasteiger partial charge in [0.25, 0.3) is 0 Å². The molecular formula is C17H26F2N2. The molecule has 21 heavy (non-hydrogen) atoms. The molecule has 0 spiro atoms. The van der Waals surface area contributed by atoms with Gasteiger partial charge in [0.2, 0.25) is 0 Å². The zero-order chi connectivity index (χ0) is 15.8. The Morgan fingerprint density at radius 2 is 1.95 bits per heavy atom. The van der Waals surface area contributed by atoms with Gasteiger partial charge in [-0.05, 0) is 30.4 Å². The molecule has 0 aromatic heterocycles. The highest BCUT2D eigenvalue weighted by Gasteiger charge is 2.35. The molecule has 1 aliphatic rings. The summed E-state index contributed by atoms with van der Waals surface area (Å²) in [5.74, 6) is -0.894. The van der Waals surface area contributed by atoms with E-state index in [-0.39, 0.29) is 23.2 Å². The first kappa shape index (κ1) is 16.2. The topological polar surface area (TPSA) is 15.3 Å². The molecule has 1 heterocycles. The van der Waals surface area contributed by atoms with Crippen LogP contribution in [0.25, 0.3) is 0 Å². The van der Waals surface area contributed by atoms with Gasteiger partial charge in [-0.15, -0.1) is 0 Å². The predicted molar refractivity (Wildman–Crippen MR) is 83.8 cm³/mol. The molecule has 2 nitrogen and oxygen atoms in total. The van der Waals surface area contributed by atoms with Gasteiger partial charge in [0.1, 0.15) is 11.5 Å². The molecule has 4 heteroatoms. The van der Waals surface area contributed by atoms with E-state index < -0.39 is 11.6 Å². The fourth-order valence-corrected chi connectivity index (χ4v) is 2.92. The lowest BCUT2D eigenvalue weighted by atomic mass is 9.84. The molecule has 1 aromatic carbocycles. The summed E-state index contributed by atoms with van der Waals surface area (Å²) in [6.45, 7) is 11.6. The van der Waals surface area contributed by atoms with E-state index in [1.165, 1.54) is 12.1 Å². The van der Waals surface area contributed by atoms with Crippen molar-refractivity contribution in [2.45, 2.75) is 53.1 Å². The van der Waals surface area contributed by atoms with Crippen LogP contribution < -0.4 is 10.2 Å². The molecule has 1 N–H and O–H groups in total. The van der Waals surface area contributed by atoms with E-state index in [9.17, 15) is 8.78 Å². The molecule has 2 atom stereocenters. The summed E-state index contributed by atoms with van der Waals surface area (Å²) in [4.78, 5) is 1.92. The van der Waals surface area contributed by atoms with Crippen molar-refractivity contribution < 1.29 is 8.78 Å². The van der Waals surface area contributed by atoms with Crippen LogP contribution in [0, 0.1) is 24.0 Å². The summed E-state index contributed by atoms with van der Waals surface area (Å²) in [5, 5.41) is 3.53. The monoisotopic (exact) mass is 296 g/mol. The Balaban J connectivity index is 2.41. The number of anilines is 1. The Hall–Kier alpha value is -1.16. The number of aryl methyl sites for hydroxylation is 1. The molecule has 2 rings (SSSR count). The summed E-state index contributed by atoms with van der Waals surface area (Å²) in [5.41, 5.74) is 0.679. The van der Waals surface area contributed by atoms with Gasteiger partial charge in [0.15, 0.2) is 5.82 Å². The van der Waals surface area contributed by atoms with Crippen LogP contribution in [-0.2, 0) is 0 Å². The van der Waals surface area contributed by atoms with Gasteiger partial charge in [0.05, 0.1) is 0 Å². The summed E-state index contributed by atoms with van der Waals surface area (Å²) in [7, 11) is 0. The smallest absolute Gasteiger partial charge is 0.152 e. The largest absolute Gasteiger partial charge is 0.361 e. The zero-order valence-corrected chi connectivity index (χ0v) is 13.6.